The fraction of sp³-hybridized carbons (Fsp3) is 0.0714. The number of hydrogen-bond donors (Lipinski definition) is 1. The third-order valence-corrected chi connectivity index (χ3v) is 2.97. The molecule has 0 aliphatic heterocycles. The van der Waals surface area contributed by atoms with Crippen molar-refractivity contribution in [1.29, 1.82) is 5.26 Å². The van der Waals surface area contributed by atoms with Gasteiger partial charge in [0.1, 0.15) is 5.82 Å². The minimum atomic E-state index is -0.375. The van der Waals surface area contributed by atoms with E-state index in [9.17, 15) is 4.39 Å². The van der Waals surface area contributed by atoms with Gasteiger partial charge >= 0.3 is 0 Å². The Labute approximate surface area is 120 Å². The predicted octanol–water partition coefficient (Wildman–Crippen LogP) is 4.62. The van der Waals surface area contributed by atoms with Crippen LogP contribution in [0.5, 0.6) is 0 Å². The van der Waals surface area contributed by atoms with Crippen LogP contribution in [0.25, 0.3) is 0 Å². The van der Waals surface area contributed by atoms with E-state index < -0.39 is 0 Å². The van der Waals surface area contributed by atoms with Crippen LogP contribution in [0.2, 0.25) is 10.0 Å². The number of nitriles is 1. The molecule has 0 fully saturated rings. The fourth-order valence-electron chi connectivity index (χ4n) is 1.67. The predicted molar refractivity (Wildman–Crippen MR) is 74.9 cm³/mol. The molecule has 0 radical (unpaired) electrons. The van der Waals surface area contributed by atoms with Gasteiger partial charge in [-0.1, -0.05) is 23.2 Å². The van der Waals surface area contributed by atoms with E-state index in [0.717, 1.165) is 0 Å². The number of rotatable bonds is 3. The lowest BCUT2D eigenvalue weighted by atomic mass is 10.1. The summed E-state index contributed by atoms with van der Waals surface area (Å²) in [6.45, 7) is 0.317. The van der Waals surface area contributed by atoms with Crippen molar-refractivity contribution < 1.29 is 4.39 Å². The van der Waals surface area contributed by atoms with Gasteiger partial charge in [-0.15, -0.1) is 0 Å². The first-order chi connectivity index (χ1) is 9.08. The maximum Gasteiger partial charge on any atom is 0.123 e. The Kier molecular flexibility index (Phi) is 4.26. The molecule has 0 amide bonds. The summed E-state index contributed by atoms with van der Waals surface area (Å²) < 4.78 is 13.2. The summed E-state index contributed by atoms with van der Waals surface area (Å²) in [6.07, 6.45) is 0. The summed E-state index contributed by atoms with van der Waals surface area (Å²) in [7, 11) is 0. The zero-order valence-electron chi connectivity index (χ0n) is 9.75. The Morgan fingerprint density at radius 2 is 1.79 bits per heavy atom. The molecule has 0 heterocycles. The van der Waals surface area contributed by atoms with Crippen LogP contribution < -0.4 is 5.32 Å². The Morgan fingerprint density at radius 3 is 2.42 bits per heavy atom. The molecule has 0 aromatic heterocycles. The Morgan fingerprint density at radius 1 is 1.11 bits per heavy atom. The highest BCUT2D eigenvalue weighted by Crippen LogP contribution is 2.23. The van der Waals surface area contributed by atoms with Gasteiger partial charge < -0.3 is 5.32 Å². The Hall–Kier alpha value is -1.76. The van der Waals surface area contributed by atoms with E-state index in [1.54, 1.807) is 18.2 Å². The number of anilines is 1. The average molecular weight is 295 g/mol. The number of hydrogen-bond acceptors (Lipinski definition) is 2. The van der Waals surface area contributed by atoms with Gasteiger partial charge in [0.25, 0.3) is 0 Å². The highest BCUT2D eigenvalue weighted by atomic mass is 35.5. The first-order valence-electron chi connectivity index (χ1n) is 5.47. The van der Waals surface area contributed by atoms with Crippen molar-refractivity contribution in [3.05, 3.63) is 63.4 Å². The molecule has 0 atom stereocenters. The van der Waals surface area contributed by atoms with E-state index in [1.165, 1.54) is 18.2 Å². The van der Waals surface area contributed by atoms with E-state index in [1.807, 2.05) is 6.07 Å². The molecule has 0 bridgehead atoms. The lowest BCUT2D eigenvalue weighted by Gasteiger charge is -2.09. The zero-order valence-corrected chi connectivity index (χ0v) is 11.3. The van der Waals surface area contributed by atoms with Crippen molar-refractivity contribution in [2.75, 3.05) is 5.32 Å². The third kappa shape index (κ3) is 3.60. The van der Waals surface area contributed by atoms with E-state index in [0.29, 0.717) is 33.4 Å². The summed E-state index contributed by atoms with van der Waals surface area (Å²) in [5.41, 5.74) is 1.73. The molecule has 2 aromatic carbocycles. The van der Waals surface area contributed by atoms with Crippen LogP contribution >= 0.6 is 23.2 Å². The number of nitrogens with one attached hydrogen (secondary N) is 1. The van der Waals surface area contributed by atoms with Crippen LogP contribution in [0, 0.1) is 17.1 Å². The normalized spacial score (nSPS) is 10.0. The molecule has 0 aliphatic rings. The average Bonchev–Trinajstić information content (AvgIpc) is 2.35. The maximum atomic E-state index is 13.2. The van der Waals surface area contributed by atoms with Crippen molar-refractivity contribution in [2.24, 2.45) is 0 Å². The van der Waals surface area contributed by atoms with Crippen LogP contribution in [0.4, 0.5) is 10.1 Å². The van der Waals surface area contributed by atoms with E-state index in [4.69, 9.17) is 28.5 Å². The minimum absolute atomic E-state index is 0.317. The zero-order chi connectivity index (χ0) is 13.8. The molecule has 2 aromatic rings. The molecule has 0 spiro atoms. The minimum Gasteiger partial charge on any atom is -0.381 e. The number of halogens is 3. The highest BCUT2D eigenvalue weighted by molar-refractivity contribution is 6.35. The highest BCUT2D eigenvalue weighted by Gasteiger charge is 2.04. The van der Waals surface area contributed by atoms with E-state index >= 15 is 0 Å². The van der Waals surface area contributed by atoms with Crippen LogP contribution in [0.1, 0.15) is 11.1 Å². The quantitative estimate of drug-likeness (QED) is 0.897. The fourth-order valence-corrected chi connectivity index (χ4v) is 2.20. The lowest BCUT2D eigenvalue weighted by Crippen LogP contribution is -2.02. The molecule has 0 unspecified atom stereocenters. The maximum absolute atomic E-state index is 13.2. The molecule has 0 aliphatic carbocycles. The summed E-state index contributed by atoms with van der Waals surface area (Å²) in [5, 5.41) is 13.0. The van der Waals surface area contributed by atoms with Crippen molar-refractivity contribution in [1.82, 2.24) is 0 Å². The van der Waals surface area contributed by atoms with Crippen molar-refractivity contribution >= 4 is 28.9 Å². The first-order valence-corrected chi connectivity index (χ1v) is 6.22. The first kappa shape index (κ1) is 13.7. The topological polar surface area (TPSA) is 35.8 Å². The summed E-state index contributed by atoms with van der Waals surface area (Å²) in [4.78, 5) is 0. The third-order valence-electron chi connectivity index (χ3n) is 2.53. The molecule has 5 heteroatoms. The molecule has 19 heavy (non-hydrogen) atoms. The smallest absolute Gasteiger partial charge is 0.123 e. The van der Waals surface area contributed by atoms with Crippen LogP contribution in [0.3, 0.4) is 0 Å². The van der Waals surface area contributed by atoms with Gasteiger partial charge in [-0.2, -0.15) is 5.26 Å². The molecular formula is C14H9Cl2FN2. The summed E-state index contributed by atoms with van der Waals surface area (Å²) in [5.74, 6) is -0.375. The number of nitrogens with zero attached hydrogens (tertiary/aromatic N) is 1. The molecule has 2 nitrogen and oxygen atoms in total. The largest absolute Gasteiger partial charge is 0.381 e. The second-order valence-electron chi connectivity index (χ2n) is 3.92. The summed E-state index contributed by atoms with van der Waals surface area (Å²) >= 11 is 11.8. The van der Waals surface area contributed by atoms with Gasteiger partial charge in [0.15, 0.2) is 0 Å². The molecule has 0 saturated carbocycles. The van der Waals surface area contributed by atoms with Crippen LogP contribution in [0.15, 0.2) is 36.4 Å². The Bertz CT molecular complexity index is 630. The van der Waals surface area contributed by atoms with Gasteiger partial charge in [-0.3, -0.25) is 0 Å². The van der Waals surface area contributed by atoms with Crippen LogP contribution in [-0.2, 0) is 6.54 Å². The van der Waals surface area contributed by atoms with Crippen LogP contribution in [-0.4, -0.2) is 0 Å². The van der Waals surface area contributed by atoms with Crippen molar-refractivity contribution in [3.8, 4) is 6.07 Å². The number of benzene rings is 2. The van der Waals surface area contributed by atoms with Gasteiger partial charge in [-0.25, -0.2) is 4.39 Å². The molecular weight excluding hydrogens is 286 g/mol. The van der Waals surface area contributed by atoms with E-state index in [2.05, 4.69) is 5.32 Å². The SMILES string of the molecule is N#Cc1ccc(F)cc1CNc1cc(Cl)cc(Cl)c1. The second kappa shape index (κ2) is 5.92. The van der Waals surface area contributed by atoms with Crippen molar-refractivity contribution in [2.45, 2.75) is 6.54 Å². The summed E-state index contributed by atoms with van der Waals surface area (Å²) in [6, 6.07) is 11.1. The molecule has 1 N–H and O–H groups in total. The molecule has 2 rings (SSSR count). The Balaban J connectivity index is 2.19. The monoisotopic (exact) mass is 294 g/mol. The lowest BCUT2D eigenvalue weighted by molar-refractivity contribution is 0.625. The standard InChI is InChI=1S/C14H9Cl2FN2/c15-11-4-12(16)6-14(5-11)19-8-10-3-13(17)2-1-9(10)7-18/h1-6,19H,8H2. The van der Waals surface area contributed by atoms with E-state index in [-0.39, 0.29) is 5.82 Å². The van der Waals surface area contributed by atoms with Gasteiger partial charge in [0.05, 0.1) is 11.6 Å². The molecule has 96 valence electrons. The van der Waals surface area contributed by atoms with Gasteiger partial charge in [0, 0.05) is 22.3 Å². The van der Waals surface area contributed by atoms with Gasteiger partial charge in [0.2, 0.25) is 0 Å². The van der Waals surface area contributed by atoms with Gasteiger partial charge in [-0.05, 0) is 42.0 Å². The second-order valence-corrected chi connectivity index (χ2v) is 4.80. The van der Waals surface area contributed by atoms with Crippen molar-refractivity contribution in [3.63, 3.8) is 0 Å². The molecule has 0 saturated heterocycles.